The molecule has 0 radical (unpaired) electrons. The first-order chi connectivity index (χ1) is 12.0. The minimum atomic E-state index is 0. The van der Waals surface area contributed by atoms with E-state index in [1.807, 2.05) is 6.20 Å². The van der Waals surface area contributed by atoms with Gasteiger partial charge in [0.25, 0.3) is 0 Å². The summed E-state index contributed by atoms with van der Waals surface area (Å²) in [6, 6.07) is 8.75. The van der Waals surface area contributed by atoms with Crippen molar-refractivity contribution >= 4 is 24.8 Å². The summed E-state index contributed by atoms with van der Waals surface area (Å²) in [6.45, 7) is 10.3. The molecule has 6 heteroatoms. The molecule has 0 spiro atoms. The largest absolute Gasteiger partial charge is 0.317 e. The molecule has 1 fully saturated rings. The normalized spacial score (nSPS) is 15.7. The predicted molar refractivity (Wildman–Crippen MR) is 117 cm³/mol. The minimum absolute atomic E-state index is 0. The van der Waals surface area contributed by atoms with Crippen LogP contribution in [-0.4, -0.2) is 41.5 Å². The highest BCUT2D eigenvalue weighted by atomic mass is 35.5. The number of hydrogen-bond donors (Lipinski definition) is 1. The average molecular weight is 411 g/mol. The van der Waals surface area contributed by atoms with Crippen LogP contribution in [0.5, 0.6) is 0 Å². The summed E-state index contributed by atoms with van der Waals surface area (Å²) < 4.78 is 0. The molecule has 27 heavy (non-hydrogen) atoms. The van der Waals surface area contributed by atoms with E-state index in [4.69, 9.17) is 9.97 Å². The van der Waals surface area contributed by atoms with Gasteiger partial charge in [-0.25, -0.2) is 0 Å². The molecule has 1 aliphatic rings. The molecule has 2 aromatic heterocycles. The van der Waals surface area contributed by atoms with Gasteiger partial charge in [0.15, 0.2) is 0 Å². The monoisotopic (exact) mass is 410 g/mol. The van der Waals surface area contributed by atoms with Crippen LogP contribution >= 0.6 is 24.8 Å². The maximum absolute atomic E-state index is 4.79. The molecule has 1 aliphatic heterocycles. The Morgan fingerprint density at radius 3 is 2.33 bits per heavy atom. The Morgan fingerprint density at radius 2 is 1.74 bits per heavy atom. The third-order valence-electron chi connectivity index (χ3n) is 5.17. The standard InChI is InChI=1S/C21H30N4.2ClH/c1-16-5-6-20(23-13-16)21(7-9-22-10-8-21)15-25(4)14-19-12-17(2)11-18(3)24-19;;/h5-6,11-13,22H,7-10,14-15H2,1-4H3;2*1H. The zero-order chi connectivity index (χ0) is 17.9. The van der Waals surface area contributed by atoms with Gasteiger partial charge in [0.2, 0.25) is 0 Å². The maximum atomic E-state index is 4.79. The Kier molecular flexibility index (Phi) is 9.16. The van der Waals surface area contributed by atoms with Crippen molar-refractivity contribution in [2.75, 3.05) is 26.7 Å². The number of hydrogen-bond acceptors (Lipinski definition) is 4. The van der Waals surface area contributed by atoms with Crippen molar-refractivity contribution in [2.24, 2.45) is 0 Å². The number of aromatic nitrogens is 2. The summed E-state index contributed by atoms with van der Waals surface area (Å²) >= 11 is 0. The second-order valence-corrected chi connectivity index (χ2v) is 7.70. The molecule has 0 unspecified atom stereocenters. The number of aryl methyl sites for hydroxylation is 3. The highest BCUT2D eigenvalue weighted by Crippen LogP contribution is 2.33. The van der Waals surface area contributed by atoms with E-state index in [0.29, 0.717) is 0 Å². The molecule has 0 aliphatic carbocycles. The van der Waals surface area contributed by atoms with E-state index in [1.165, 1.54) is 16.8 Å². The van der Waals surface area contributed by atoms with Gasteiger partial charge in [-0.3, -0.25) is 14.9 Å². The van der Waals surface area contributed by atoms with Crippen molar-refractivity contribution < 1.29 is 0 Å². The smallest absolute Gasteiger partial charge is 0.0549 e. The first-order valence-corrected chi connectivity index (χ1v) is 9.23. The lowest BCUT2D eigenvalue weighted by molar-refractivity contribution is 0.190. The predicted octanol–water partition coefficient (Wildman–Crippen LogP) is 4.00. The number of piperidine rings is 1. The van der Waals surface area contributed by atoms with Crippen LogP contribution in [0.4, 0.5) is 0 Å². The molecule has 2 aromatic rings. The lowest BCUT2D eigenvalue weighted by atomic mass is 9.75. The molecule has 0 atom stereocenters. The lowest BCUT2D eigenvalue weighted by Crippen LogP contribution is -2.47. The van der Waals surface area contributed by atoms with Crippen molar-refractivity contribution in [1.29, 1.82) is 0 Å². The van der Waals surface area contributed by atoms with Crippen molar-refractivity contribution in [1.82, 2.24) is 20.2 Å². The fourth-order valence-electron chi connectivity index (χ4n) is 4.04. The zero-order valence-corrected chi connectivity index (χ0v) is 18.4. The molecule has 0 bridgehead atoms. The Morgan fingerprint density at radius 1 is 1.04 bits per heavy atom. The number of pyridine rings is 2. The van der Waals surface area contributed by atoms with E-state index in [0.717, 1.165) is 50.4 Å². The Balaban J connectivity index is 0.00000182. The van der Waals surface area contributed by atoms with Crippen LogP contribution in [0.3, 0.4) is 0 Å². The lowest BCUT2D eigenvalue weighted by Gasteiger charge is -2.40. The fourth-order valence-corrected chi connectivity index (χ4v) is 4.04. The van der Waals surface area contributed by atoms with Gasteiger partial charge < -0.3 is 5.32 Å². The molecular formula is C21H32Cl2N4. The van der Waals surface area contributed by atoms with Crippen LogP contribution < -0.4 is 5.32 Å². The Hall–Kier alpha value is -1.20. The minimum Gasteiger partial charge on any atom is -0.317 e. The van der Waals surface area contributed by atoms with Gasteiger partial charge in [-0.05, 0) is 83.1 Å². The molecule has 1 saturated heterocycles. The molecule has 3 rings (SSSR count). The Labute approximate surface area is 176 Å². The average Bonchev–Trinajstić information content (AvgIpc) is 2.55. The van der Waals surface area contributed by atoms with Crippen LogP contribution in [-0.2, 0) is 12.0 Å². The van der Waals surface area contributed by atoms with Crippen LogP contribution in [0.1, 0.15) is 41.1 Å². The maximum Gasteiger partial charge on any atom is 0.0549 e. The van der Waals surface area contributed by atoms with Crippen molar-refractivity contribution in [2.45, 2.75) is 45.6 Å². The summed E-state index contributed by atoms with van der Waals surface area (Å²) in [5, 5.41) is 3.50. The van der Waals surface area contributed by atoms with Gasteiger partial charge in [-0.1, -0.05) is 6.07 Å². The number of nitrogens with zero attached hydrogens (tertiary/aromatic N) is 3. The number of likely N-dealkylation sites (N-methyl/N-ethyl adjacent to an activating group) is 1. The van der Waals surface area contributed by atoms with Crippen LogP contribution in [0.25, 0.3) is 0 Å². The molecular weight excluding hydrogens is 379 g/mol. The second-order valence-electron chi connectivity index (χ2n) is 7.70. The summed E-state index contributed by atoms with van der Waals surface area (Å²) in [6.07, 6.45) is 4.27. The number of halogens is 2. The topological polar surface area (TPSA) is 41.1 Å². The summed E-state index contributed by atoms with van der Waals surface area (Å²) in [4.78, 5) is 11.9. The van der Waals surface area contributed by atoms with E-state index in [1.54, 1.807) is 0 Å². The van der Waals surface area contributed by atoms with E-state index < -0.39 is 0 Å². The molecule has 0 aromatic carbocycles. The van der Waals surface area contributed by atoms with E-state index in [-0.39, 0.29) is 30.2 Å². The molecule has 3 heterocycles. The third kappa shape index (κ3) is 6.15. The summed E-state index contributed by atoms with van der Waals surface area (Å²) in [5.74, 6) is 0. The van der Waals surface area contributed by atoms with Crippen molar-refractivity contribution in [3.05, 3.63) is 58.7 Å². The van der Waals surface area contributed by atoms with Crippen LogP contribution in [0.15, 0.2) is 30.5 Å². The molecule has 1 N–H and O–H groups in total. The zero-order valence-electron chi connectivity index (χ0n) is 16.8. The van der Waals surface area contributed by atoms with Gasteiger partial charge in [0.1, 0.15) is 0 Å². The Bertz CT molecular complexity index is 692. The molecule has 0 saturated carbocycles. The van der Waals surface area contributed by atoms with Crippen molar-refractivity contribution in [3.63, 3.8) is 0 Å². The highest BCUT2D eigenvalue weighted by Gasteiger charge is 2.36. The van der Waals surface area contributed by atoms with E-state index in [9.17, 15) is 0 Å². The summed E-state index contributed by atoms with van der Waals surface area (Å²) in [7, 11) is 2.21. The van der Waals surface area contributed by atoms with Gasteiger partial charge in [0.05, 0.1) is 5.69 Å². The van der Waals surface area contributed by atoms with E-state index in [2.05, 4.69) is 62.3 Å². The molecule has 4 nitrogen and oxygen atoms in total. The van der Waals surface area contributed by atoms with Crippen LogP contribution in [0, 0.1) is 20.8 Å². The molecule has 0 amide bonds. The first kappa shape index (κ1) is 23.8. The second kappa shape index (κ2) is 10.4. The van der Waals surface area contributed by atoms with Gasteiger partial charge in [-0.2, -0.15) is 0 Å². The first-order valence-electron chi connectivity index (χ1n) is 9.23. The third-order valence-corrected chi connectivity index (χ3v) is 5.17. The highest BCUT2D eigenvalue weighted by molar-refractivity contribution is 5.85. The van der Waals surface area contributed by atoms with E-state index >= 15 is 0 Å². The number of nitrogens with one attached hydrogen (secondary N) is 1. The quantitative estimate of drug-likeness (QED) is 0.808. The van der Waals surface area contributed by atoms with Gasteiger partial charge in [-0.15, -0.1) is 24.8 Å². The van der Waals surface area contributed by atoms with Gasteiger partial charge >= 0.3 is 0 Å². The van der Waals surface area contributed by atoms with Gasteiger partial charge in [0, 0.05) is 36.1 Å². The fraction of sp³-hybridized carbons (Fsp3) is 0.524. The van der Waals surface area contributed by atoms with Crippen molar-refractivity contribution in [3.8, 4) is 0 Å². The summed E-state index contributed by atoms with van der Waals surface area (Å²) in [5.41, 5.74) is 6.13. The molecule has 150 valence electrons. The van der Waals surface area contributed by atoms with Crippen LogP contribution in [0.2, 0.25) is 0 Å². The SMILES string of the molecule is Cc1ccc(C2(CN(C)Cc3cc(C)cc(C)n3)CCNCC2)nc1.Cl.Cl. The number of rotatable bonds is 5.